The third kappa shape index (κ3) is 3.65. The Labute approximate surface area is 164 Å². The maximum absolute atomic E-state index is 12.5. The zero-order valence-corrected chi connectivity index (χ0v) is 16.3. The van der Waals surface area contributed by atoms with E-state index in [1.807, 2.05) is 49.2 Å². The maximum atomic E-state index is 12.5. The molecule has 1 aliphatic rings. The number of urea groups is 1. The average Bonchev–Trinajstić information content (AvgIpc) is 3.10. The van der Waals surface area contributed by atoms with E-state index < -0.39 is 0 Å². The van der Waals surface area contributed by atoms with Crippen molar-refractivity contribution in [1.29, 1.82) is 0 Å². The van der Waals surface area contributed by atoms with Crippen molar-refractivity contribution >= 4 is 22.8 Å². The lowest BCUT2D eigenvalue weighted by atomic mass is 9.89. The Morgan fingerprint density at radius 1 is 1.25 bits per heavy atom. The smallest absolute Gasteiger partial charge is 0.317 e. The number of aryl methyl sites for hydroxylation is 2. The van der Waals surface area contributed by atoms with Gasteiger partial charge in [0.25, 0.3) is 0 Å². The molecule has 1 saturated heterocycles. The van der Waals surface area contributed by atoms with Crippen LogP contribution in [0, 0.1) is 13.8 Å². The van der Waals surface area contributed by atoms with Gasteiger partial charge < -0.3 is 20.9 Å². The van der Waals surface area contributed by atoms with Gasteiger partial charge in [0, 0.05) is 37.1 Å². The average molecular weight is 378 g/mol. The molecule has 0 unspecified atom stereocenters. The van der Waals surface area contributed by atoms with Crippen molar-refractivity contribution in [2.45, 2.75) is 39.2 Å². The Kier molecular flexibility index (Phi) is 4.90. The van der Waals surface area contributed by atoms with Crippen LogP contribution in [0.5, 0.6) is 0 Å². The van der Waals surface area contributed by atoms with Gasteiger partial charge in [-0.1, -0.05) is 12.1 Å². The van der Waals surface area contributed by atoms with E-state index in [4.69, 9.17) is 5.73 Å². The van der Waals surface area contributed by atoms with Gasteiger partial charge >= 0.3 is 6.03 Å². The molecule has 3 aromatic rings. The molecule has 7 nitrogen and oxygen atoms in total. The number of likely N-dealkylation sites (tertiary alicyclic amines) is 1. The van der Waals surface area contributed by atoms with Crippen molar-refractivity contribution in [3.63, 3.8) is 0 Å². The van der Waals surface area contributed by atoms with E-state index in [0.29, 0.717) is 12.5 Å². The fourth-order valence-electron chi connectivity index (χ4n) is 3.87. The van der Waals surface area contributed by atoms with Crippen LogP contribution in [0.4, 0.5) is 10.5 Å². The number of nitrogens with one attached hydrogen (secondary N) is 2. The number of nitrogen functional groups attached to an aromatic ring is 1. The lowest BCUT2D eigenvalue weighted by Crippen LogP contribution is -2.43. The third-order valence-corrected chi connectivity index (χ3v) is 5.50. The Morgan fingerprint density at radius 3 is 2.68 bits per heavy atom. The molecule has 3 heterocycles. The van der Waals surface area contributed by atoms with E-state index in [1.165, 1.54) is 5.56 Å². The fraction of sp³-hybridized carbons (Fsp3) is 0.381. The van der Waals surface area contributed by atoms with E-state index in [1.54, 1.807) is 0 Å². The lowest BCUT2D eigenvalue weighted by molar-refractivity contribution is 0.181. The van der Waals surface area contributed by atoms with Crippen molar-refractivity contribution in [3.05, 3.63) is 53.1 Å². The number of aromatic nitrogens is 3. The first kappa shape index (κ1) is 18.3. The second kappa shape index (κ2) is 7.50. The number of amides is 2. The summed E-state index contributed by atoms with van der Waals surface area (Å²) in [6.07, 6.45) is 3.79. The monoisotopic (exact) mass is 378 g/mol. The lowest BCUT2D eigenvalue weighted by Gasteiger charge is -2.32. The molecule has 1 aliphatic heterocycles. The van der Waals surface area contributed by atoms with Crippen molar-refractivity contribution in [2.24, 2.45) is 0 Å². The van der Waals surface area contributed by atoms with Crippen molar-refractivity contribution in [2.75, 3.05) is 18.8 Å². The summed E-state index contributed by atoms with van der Waals surface area (Å²) >= 11 is 0. The first-order valence-electron chi connectivity index (χ1n) is 9.70. The summed E-state index contributed by atoms with van der Waals surface area (Å²) in [4.78, 5) is 26.9. The quantitative estimate of drug-likeness (QED) is 0.609. The molecule has 2 amide bonds. The van der Waals surface area contributed by atoms with Crippen LogP contribution in [0.1, 0.15) is 41.4 Å². The molecule has 0 atom stereocenters. The SMILES string of the molecule is Cc1nc2c(C3CCN(C(=O)NCc4ccc(N)cc4)CC3)cnc(C)c2[nH]1. The van der Waals surface area contributed by atoms with Crippen LogP contribution in [0.25, 0.3) is 11.0 Å². The highest BCUT2D eigenvalue weighted by Gasteiger charge is 2.26. The third-order valence-electron chi connectivity index (χ3n) is 5.50. The van der Waals surface area contributed by atoms with Gasteiger partial charge in [-0.15, -0.1) is 0 Å². The molecule has 146 valence electrons. The molecule has 4 N–H and O–H groups in total. The number of nitrogens with two attached hydrogens (primary N) is 1. The summed E-state index contributed by atoms with van der Waals surface area (Å²) in [7, 11) is 0. The highest BCUT2D eigenvalue weighted by molar-refractivity contribution is 5.81. The number of pyridine rings is 1. The molecule has 1 fully saturated rings. The molecule has 7 heteroatoms. The summed E-state index contributed by atoms with van der Waals surface area (Å²) < 4.78 is 0. The molecule has 0 radical (unpaired) electrons. The normalized spacial score (nSPS) is 15.1. The Bertz CT molecular complexity index is 986. The standard InChI is InChI=1S/C21H26N6O/c1-13-19-20(26-14(2)25-19)18(12-23-13)16-7-9-27(10-8-16)21(28)24-11-15-3-5-17(22)6-4-15/h3-6,12,16H,7-11,22H2,1-2H3,(H,24,28)(H,25,26). The van der Waals surface area contributed by atoms with Crippen LogP contribution in [0.15, 0.2) is 30.5 Å². The maximum Gasteiger partial charge on any atom is 0.317 e. The Morgan fingerprint density at radius 2 is 1.96 bits per heavy atom. The minimum atomic E-state index is -0.0157. The van der Waals surface area contributed by atoms with Crippen LogP contribution >= 0.6 is 0 Å². The summed E-state index contributed by atoms with van der Waals surface area (Å²) in [6, 6.07) is 7.55. The molecule has 0 bridgehead atoms. The van der Waals surface area contributed by atoms with Crippen LogP contribution in [0.3, 0.4) is 0 Å². The van der Waals surface area contributed by atoms with E-state index in [-0.39, 0.29) is 6.03 Å². The second-order valence-corrected chi connectivity index (χ2v) is 7.51. The zero-order chi connectivity index (χ0) is 19.7. The summed E-state index contributed by atoms with van der Waals surface area (Å²) in [6.45, 7) is 5.94. The summed E-state index contributed by atoms with van der Waals surface area (Å²) in [5.41, 5.74) is 11.7. The molecule has 0 aliphatic carbocycles. The molecule has 0 saturated carbocycles. The van der Waals surface area contributed by atoms with Gasteiger partial charge in [0.05, 0.1) is 16.7 Å². The number of benzene rings is 1. The van der Waals surface area contributed by atoms with Crippen LogP contribution < -0.4 is 11.1 Å². The van der Waals surface area contributed by atoms with Crippen LogP contribution in [0.2, 0.25) is 0 Å². The number of hydrogen-bond acceptors (Lipinski definition) is 4. The second-order valence-electron chi connectivity index (χ2n) is 7.51. The summed E-state index contributed by atoms with van der Waals surface area (Å²) in [5.74, 6) is 1.28. The fourth-order valence-corrected chi connectivity index (χ4v) is 3.87. The van der Waals surface area contributed by atoms with Gasteiger partial charge in [-0.3, -0.25) is 4.98 Å². The number of imidazole rings is 1. The zero-order valence-electron chi connectivity index (χ0n) is 16.3. The predicted octanol–water partition coefficient (Wildman–Crippen LogP) is 3.25. The summed E-state index contributed by atoms with van der Waals surface area (Å²) in [5, 5.41) is 3.00. The molecule has 2 aromatic heterocycles. The molecular weight excluding hydrogens is 352 g/mol. The highest BCUT2D eigenvalue weighted by Crippen LogP contribution is 2.32. The molecule has 1 aromatic carbocycles. The number of carbonyl (C=O) groups excluding carboxylic acids is 1. The molecule has 28 heavy (non-hydrogen) atoms. The van der Waals surface area contributed by atoms with Gasteiger partial charge in [0.15, 0.2) is 0 Å². The topological polar surface area (TPSA) is 99.9 Å². The van der Waals surface area contributed by atoms with Crippen molar-refractivity contribution < 1.29 is 4.79 Å². The highest BCUT2D eigenvalue weighted by atomic mass is 16.2. The first-order chi connectivity index (χ1) is 13.5. The van der Waals surface area contributed by atoms with Gasteiger partial charge in [-0.25, -0.2) is 9.78 Å². The number of fused-ring (bicyclic) bond motifs is 1. The van der Waals surface area contributed by atoms with E-state index in [2.05, 4.69) is 20.3 Å². The van der Waals surface area contributed by atoms with E-state index in [0.717, 1.165) is 59.7 Å². The minimum Gasteiger partial charge on any atom is -0.399 e. The molecule has 0 spiro atoms. The van der Waals surface area contributed by atoms with Crippen molar-refractivity contribution in [1.82, 2.24) is 25.2 Å². The molecular formula is C21H26N6O. The largest absolute Gasteiger partial charge is 0.399 e. The number of hydrogen-bond donors (Lipinski definition) is 3. The number of carbonyl (C=O) groups is 1. The number of aromatic amines is 1. The van der Waals surface area contributed by atoms with E-state index in [9.17, 15) is 4.79 Å². The number of nitrogens with zero attached hydrogens (tertiary/aromatic N) is 3. The van der Waals surface area contributed by atoms with Gasteiger partial charge in [-0.2, -0.15) is 0 Å². The minimum absolute atomic E-state index is 0.0157. The number of anilines is 1. The Balaban J connectivity index is 1.37. The van der Waals surface area contributed by atoms with Gasteiger partial charge in [0.2, 0.25) is 0 Å². The number of piperidine rings is 1. The number of rotatable bonds is 3. The van der Waals surface area contributed by atoms with Crippen molar-refractivity contribution in [3.8, 4) is 0 Å². The van der Waals surface area contributed by atoms with Gasteiger partial charge in [-0.05, 0) is 50.3 Å². The van der Waals surface area contributed by atoms with Crippen LogP contribution in [-0.2, 0) is 6.54 Å². The Hall–Kier alpha value is -3.09. The molecule has 4 rings (SSSR count). The first-order valence-corrected chi connectivity index (χ1v) is 9.70. The number of H-pyrrole nitrogens is 1. The van der Waals surface area contributed by atoms with Gasteiger partial charge in [0.1, 0.15) is 5.82 Å². The van der Waals surface area contributed by atoms with E-state index >= 15 is 0 Å². The predicted molar refractivity (Wildman–Crippen MR) is 110 cm³/mol. The van der Waals surface area contributed by atoms with Crippen LogP contribution in [-0.4, -0.2) is 39.0 Å².